The van der Waals surface area contributed by atoms with Crippen LogP contribution in [0.1, 0.15) is 30.4 Å². The molecule has 0 saturated carbocycles. The number of hydrogen-bond donors (Lipinski definition) is 1. The summed E-state index contributed by atoms with van der Waals surface area (Å²) in [6.07, 6.45) is 3.83. The van der Waals surface area contributed by atoms with Crippen molar-refractivity contribution in [3.63, 3.8) is 0 Å². The summed E-state index contributed by atoms with van der Waals surface area (Å²) in [5, 5.41) is 3.67. The van der Waals surface area contributed by atoms with Crippen LogP contribution in [0.5, 0.6) is 0 Å². The molecule has 1 unspecified atom stereocenters. The molecule has 1 amide bonds. The van der Waals surface area contributed by atoms with Gasteiger partial charge in [0.2, 0.25) is 6.41 Å². The monoisotopic (exact) mass is 493 g/mol. The Bertz CT molecular complexity index is 1050. The van der Waals surface area contributed by atoms with Crippen molar-refractivity contribution in [2.24, 2.45) is 0 Å². The fourth-order valence-electron chi connectivity index (χ4n) is 5.13. The molecule has 6 heteroatoms. The minimum Gasteiger partial charge on any atom is -0.369 e. The summed E-state index contributed by atoms with van der Waals surface area (Å²) in [7, 11) is 0. The van der Waals surface area contributed by atoms with Gasteiger partial charge in [0.1, 0.15) is 5.82 Å². The molecule has 4 nitrogen and oxygen atoms in total. The molecule has 4 rings (SSSR count). The lowest BCUT2D eigenvalue weighted by Crippen LogP contribution is -2.46. The number of unbranched alkanes of at least 4 members (excludes halogenated alkanes) is 1. The number of hydrogen-bond acceptors (Lipinski definition) is 3. The lowest BCUT2D eigenvalue weighted by molar-refractivity contribution is -0.109. The van der Waals surface area contributed by atoms with Gasteiger partial charge in [0.25, 0.3) is 0 Å². The van der Waals surface area contributed by atoms with Crippen molar-refractivity contribution in [1.29, 1.82) is 0 Å². The van der Waals surface area contributed by atoms with Crippen LogP contribution in [0.2, 0.25) is 5.02 Å². The van der Waals surface area contributed by atoms with Crippen molar-refractivity contribution in [1.82, 2.24) is 10.2 Å². The van der Waals surface area contributed by atoms with E-state index in [1.54, 1.807) is 0 Å². The predicted molar refractivity (Wildman–Crippen MR) is 142 cm³/mol. The highest BCUT2D eigenvalue weighted by Gasteiger charge is 2.33. The molecule has 1 fully saturated rings. The average Bonchev–Trinajstić information content (AvgIpc) is 2.90. The zero-order chi connectivity index (χ0) is 24.5. The highest BCUT2D eigenvalue weighted by molar-refractivity contribution is 6.30. The van der Waals surface area contributed by atoms with Gasteiger partial charge < -0.3 is 10.2 Å². The number of benzene rings is 3. The molecule has 0 radical (unpaired) electrons. The van der Waals surface area contributed by atoms with E-state index in [1.165, 1.54) is 17.7 Å². The Hall–Kier alpha value is -2.89. The molecule has 1 aliphatic rings. The number of rotatable bonds is 11. The summed E-state index contributed by atoms with van der Waals surface area (Å²) < 4.78 is 13.2. The fraction of sp³-hybridized carbons (Fsp3) is 0.345. The van der Waals surface area contributed by atoms with Crippen LogP contribution in [-0.2, 0) is 10.2 Å². The van der Waals surface area contributed by atoms with Gasteiger partial charge in [-0.1, -0.05) is 60.5 Å². The molecule has 35 heavy (non-hydrogen) atoms. The first-order valence-electron chi connectivity index (χ1n) is 12.3. The second-order valence-corrected chi connectivity index (χ2v) is 9.65. The molecule has 0 aliphatic carbocycles. The molecule has 1 N–H and O–H groups in total. The zero-order valence-electron chi connectivity index (χ0n) is 20.0. The van der Waals surface area contributed by atoms with E-state index in [2.05, 4.69) is 51.5 Å². The highest BCUT2D eigenvalue weighted by Crippen LogP contribution is 2.37. The molecule has 0 bridgehead atoms. The number of halogens is 2. The zero-order valence-corrected chi connectivity index (χ0v) is 20.8. The average molecular weight is 494 g/mol. The molecule has 1 saturated heterocycles. The molecule has 3 aromatic carbocycles. The highest BCUT2D eigenvalue weighted by atomic mass is 35.5. The lowest BCUT2D eigenvalue weighted by Gasteiger charge is -2.37. The minimum absolute atomic E-state index is 0.194. The number of piperazine rings is 1. The molecule has 1 aliphatic heterocycles. The summed E-state index contributed by atoms with van der Waals surface area (Å²) in [5.74, 6) is -0.194. The Morgan fingerprint density at radius 3 is 2.17 bits per heavy atom. The third-order valence-corrected chi connectivity index (χ3v) is 7.35. The quantitative estimate of drug-likeness (QED) is 0.283. The van der Waals surface area contributed by atoms with Gasteiger partial charge in [0.05, 0.1) is 0 Å². The van der Waals surface area contributed by atoms with Gasteiger partial charge in [-0.15, -0.1) is 0 Å². The van der Waals surface area contributed by atoms with E-state index in [1.807, 2.05) is 30.3 Å². The van der Waals surface area contributed by atoms with E-state index in [4.69, 9.17) is 11.6 Å². The summed E-state index contributed by atoms with van der Waals surface area (Å²) in [6, 6.07) is 25.2. The second-order valence-electron chi connectivity index (χ2n) is 9.22. The van der Waals surface area contributed by atoms with Crippen molar-refractivity contribution in [2.45, 2.75) is 24.7 Å². The molecule has 0 aromatic heterocycles. The van der Waals surface area contributed by atoms with E-state index in [0.717, 1.165) is 69.6 Å². The minimum atomic E-state index is -0.311. The van der Waals surface area contributed by atoms with E-state index < -0.39 is 0 Å². The maximum Gasteiger partial charge on any atom is 0.207 e. The van der Waals surface area contributed by atoms with Crippen LogP contribution in [0.4, 0.5) is 10.1 Å². The number of carbonyl (C=O) groups excluding carboxylic acids is 1. The Morgan fingerprint density at radius 2 is 1.51 bits per heavy atom. The maximum absolute atomic E-state index is 13.2. The van der Waals surface area contributed by atoms with Crippen LogP contribution in [-0.4, -0.2) is 50.6 Å². The molecular formula is C29H33ClFN3O. The largest absolute Gasteiger partial charge is 0.369 e. The topological polar surface area (TPSA) is 35.6 Å². The van der Waals surface area contributed by atoms with Crippen LogP contribution in [0, 0.1) is 5.82 Å². The van der Waals surface area contributed by atoms with Crippen LogP contribution in [0.15, 0.2) is 78.9 Å². The first kappa shape index (κ1) is 25.2. The van der Waals surface area contributed by atoms with Gasteiger partial charge in [-0.25, -0.2) is 4.39 Å². The van der Waals surface area contributed by atoms with Crippen molar-refractivity contribution < 1.29 is 9.18 Å². The van der Waals surface area contributed by atoms with Crippen LogP contribution in [0.25, 0.3) is 0 Å². The van der Waals surface area contributed by atoms with Crippen LogP contribution in [0.3, 0.4) is 0 Å². The van der Waals surface area contributed by atoms with Crippen LogP contribution < -0.4 is 10.2 Å². The van der Waals surface area contributed by atoms with Crippen LogP contribution >= 0.6 is 11.6 Å². The Balaban J connectivity index is 1.38. The fourth-order valence-corrected chi connectivity index (χ4v) is 5.26. The molecule has 3 aromatic rings. The maximum atomic E-state index is 13.2. The molecule has 1 heterocycles. The number of nitrogens with zero attached hydrogens (tertiary/aromatic N) is 2. The SMILES string of the molecule is O=CNCC(CCCCN1CCN(c2ccc(F)cc2)CC1)(c1ccccc1)c1ccc(Cl)cc1. The van der Waals surface area contributed by atoms with Crippen molar-refractivity contribution >= 4 is 23.7 Å². The smallest absolute Gasteiger partial charge is 0.207 e. The summed E-state index contributed by atoms with van der Waals surface area (Å²) in [6.45, 7) is 5.50. The summed E-state index contributed by atoms with van der Waals surface area (Å²) in [4.78, 5) is 16.1. The summed E-state index contributed by atoms with van der Waals surface area (Å²) >= 11 is 6.18. The van der Waals surface area contributed by atoms with Gasteiger partial charge in [0.15, 0.2) is 0 Å². The number of nitrogens with one attached hydrogen (secondary N) is 1. The molecule has 1 atom stereocenters. The Labute approximate surface area is 212 Å². The van der Waals surface area contributed by atoms with Gasteiger partial charge >= 0.3 is 0 Å². The predicted octanol–water partition coefficient (Wildman–Crippen LogP) is 5.50. The van der Waals surface area contributed by atoms with E-state index in [0.29, 0.717) is 11.6 Å². The summed E-state index contributed by atoms with van der Waals surface area (Å²) in [5.41, 5.74) is 3.14. The normalized spacial score (nSPS) is 16.0. The van der Waals surface area contributed by atoms with E-state index >= 15 is 0 Å². The van der Waals surface area contributed by atoms with Crippen molar-refractivity contribution in [2.75, 3.05) is 44.2 Å². The second kappa shape index (κ2) is 12.2. The molecule has 184 valence electrons. The number of anilines is 1. The van der Waals surface area contributed by atoms with E-state index in [9.17, 15) is 9.18 Å². The number of carbonyl (C=O) groups is 1. The van der Waals surface area contributed by atoms with Crippen molar-refractivity contribution in [3.8, 4) is 0 Å². The van der Waals surface area contributed by atoms with Gasteiger partial charge in [-0.3, -0.25) is 9.69 Å². The lowest BCUT2D eigenvalue weighted by atomic mass is 9.71. The third-order valence-electron chi connectivity index (χ3n) is 7.10. The van der Waals surface area contributed by atoms with Crippen molar-refractivity contribution in [3.05, 3.63) is 101 Å². The molecular weight excluding hydrogens is 461 g/mol. The van der Waals surface area contributed by atoms with Gasteiger partial charge in [-0.2, -0.15) is 0 Å². The Kier molecular flexibility index (Phi) is 8.78. The van der Waals surface area contributed by atoms with Gasteiger partial charge in [-0.05, 0) is 66.9 Å². The Morgan fingerprint density at radius 1 is 0.857 bits per heavy atom. The first-order valence-corrected chi connectivity index (χ1v) is 12.7. The number of amides is 1. The first-order chi connectivity index (χ1) is 17.1. The van der Waals surface area contributed by atoms with Gasteiger partial charge in [0, 0.05) is 48.8 Å². The van der Waals surface area contributed by atoms with E-state index in [-0.39, 0.29) is 11.2 Å². The molecule has 0 spiro atoms. The third kappa shape index (κ3) is 6.41. The standard InChI is InChI=1S/C29H33ClFN3O/c30-26-10-8-25(9-11-26)29(22-32-23-35,24-6-2-1-3-7-24)16-4-5-17-33-18-20-34(21-19-33)28-14-12-27(31)13-15-28/h1-3,6-15,23H,4-5,16-22H2,(H,32,35).